The minimum absolute atomic E-state index is 0.0467. The molecule has 2 aromatic heterocycles. The first kappa shape index (κ1) is 9.81. The number of nitrogens with zero attached hydrogens (tertiary/aromatic N) is 2. The van der Waals surface area contributed by atoms with Gasteiger partial charge in [0.25, 0.3) is 0 Å². The van der Waals surface area contributed by atoms with E-state index in [9.17, 15) is 5.11 Å². The van der Waals surface area contributed by atoms with Gasteiger partial charge in [0.05, 0.1) is 28.2 Å². The van der Waals surface area contributed by atoms with E-state index in [1.165, 1.54) is 4.70 Å². The van der Waals surface area contributed by atoms with Gasteiger partial charge in [-0.25, -0.2) is 4.98 Å². The maximum atomic E-state index is 9.46. The zero-order chi connectivity index (χ0) is 11.1. The van der Waals surface area contributed by atoms with Gasteiger partial charge in [-0.2, -0.15) is 0 Å². The highest BCUT2D eigenvalue weighted by Gasteiger charge is 2.14. The van der Waals surface area contributed by atoms with E-state index < -0.39 is 0 Å². The van der Waals surface area contributed by atoms with Crippen molar-refractivity contribution >= 4 is 26.5 Å². The molecule has 2 heterocycles. The Kier molecular flexibility index (Phi) is 2.19. The van der Waals surface area contributed by atoms with Crippen molar-refractivity contribution in [2.75, 3.05) is 0 Å². The number of aryl methyl sites for hydroxylation is 1. The zero-order valence-corrected chi connectivity index (χ0v) is 9.79. The lowest BCUT2D eigenvalue weighted by molar-refractivity contribution is 0.275. The molecule has 3 rings (SSSR count). The van der Waals surface area contributed by atoms with Gasteiger partial charge >= 0.3 is 0 Å². The van der Waals surface area contributed by atoms with Gasteiger partial charge in [-0.15, -0.1) is 0 Å². The van der Waals surface area contributed by atoms with Gasteiger partial charge in [-0.1, -0.05) is 30.4 Å². The van der Waals surface area contributed by atoms with E-state index in [0.29, 0.717) is 0 Å². The van der Waals surface area contributed by atoms with Gasteiger partial charge < -0.3 is 5.11 Å². The average molecular weight is 232 g/mol. The number of hydrogen-bond acceptors (Lipinski definition) is 3. The molecule has 0 aliphatic heterocycles. The highest BCUT2D eigenvalue weighted by atomic mass is 32.1. The molecule has 0 amide bonds. The zero-order valence-electron chi connectivity index (χ0n) is 8.97. The summed E-state index contributed by atoms with van der Waals surface area (Å²) in [6.45, 7) is 2.11. The first-order valence-corrected chi connectivity index (χ1v) is 6.15. The number of aliphatic hydroxyl groups excluding tert-OH is 1. The summed E-state index contributed by atoms with van der Waals surface area (Å²) >= 11 is 1.67. The third-order valence-electron chi connectivity index (χ3n) is 2.82. The third-order valence-corrected chi connectivity index (χ3v) is 3.84. The van der Waals surface area contributed by atoms with Crippen LogP contribution in [0.25, 0.3) is 15.2 Å². The van der Waals surface area contributed by atoms with E-state index in [2.05, 4.69) is 28.4 Å². The predicted octanol–water partition coefficient (Wildman–Crippen LogP) is 2.60. The smallest absolute Gasteiger partial charge is 0.195 e. The Bertz CT molecular complexity index is 653. The van der Waals surface area contributed by atoms with Crippen molar-refractivity contribution < 1.29 is 5.11 Å². The van der Waals surface area contributed by atoms with Gasteiger partial charge in [0.15, 0.2) is 4.96 Å². The molecule has 4 heteroatoms. The quantitative estimate of drug-likeness (QED) is 0.737. The molecule has 82 valence electrons. The van der Waals surface area contributed by atoms with Crippen molar-refractivity contribution in [1.82, 2.24) is 9.38 Å². The van der Waals surface area contributed by atoms with Gasteiger partial charge in [0.2, 0.25) is 0 Å². The number of fused-ring (bicyclic) bond motifs is 3. The summed E-state index contributed by atoms with van der Waals surface area (Å²) in [6, 6.07) is 8.19. The van der Waals surface area contributed by atoms with Crippen LogP contribution in [0.5, 0.6) is 0 Å². The van der Waals surface area contributed by atoms with Crippen molar-refractivity contribution in [2.24, 2.45) is 0 Å². The normalized spacial score (nSPS) is 11.6. The third kappa shape index (κ3) is 1.20. The molecule has 3 nitrogen and oxygen atoms in total. The van der Waals surface area contributed by atoms with E-state index in [1.54, 1.807) is 11.3 Å². The molecular weight excluding hydrogens is 220 g/mol. The molecule has 0 bridgehead atoms. The van der Waals surface area contributed by atoms with E-state index in [1.807, 2.05) is 12.1 Å². The summed E-state index contributed by atoms with van der Waals surface area (Å²) in [6.07, 6.45) is 0.860. The molecule has 0 aliphatic carbocycles. The summed E-state index contributed by atoms with van der Waals surface area (Å²) in [7, 11) is 0. The Hall–Kier alpha value is -1.39. The lowest BCUT2D eigenvalue weighted by Crippen LogP contribution is -1.95. The van der Waals surface area contributed by atoms with Crippen LogP contribution in [0.3, 0.4) is 0 Å². The number of para-hydroxylation sites is 1. The minimum Gasteiger partial charge on any atom is -0.390 e. The van der Waals surface area contributed by atoms with Crippen molar-refractivity contribution in [2.45, 2.75) is 20.0 Å². The Morgan fingerprint density at radius 2 is 2.19 bits per heavy atom. The lowest BCUT2D eigenvalue weighted by Gasteiger charge is -1.98. The average Bonchev–Trinajstić information content (AvgIpc) is 2.83. The van der Waals surface area contributed by atoms with Crippen LogP contribution in [0.4, 0.5) is 0 Å². The second-order valence-corrected chi connectivity index (χ2v) is 4.71. The second kappa shape index (κ2) is 3.57. The second-order valence-electron chi connectivity index (χ2n) is 3.70. The Balaban J connectivity index is 2.47. The van der Waals surface area contributed by atoms with Crippen LogP contribution in [0.2, 0.25) is 0 Å². The topological polar surface area (TPSA) is 37.5 Å². The molecule has 0 fully saturated rings. The van der Waals surface area contributed by atoms with E-state index in [-0.39, 0.29) is 6.61 Å². The van der Waals surface area contributed by atoms with E-state index >= 15 is 0 Å². The van der Waals surface area contributed by atoms with Gasteiger partial charge in [-0.3, -0.25) is 4.40 Å². The molecule has 1 aromatic carbocycles. The van der Waals surface area contributed by atoms with Gasteiger partial charge in [0, 0.05) is 0 Å². The van der Waals surface area contributed by atoms with Crippen molar-refractivity contribution in [3.8, 4) is 0 Å². The number of rotatable bonds is 2. The Morgan fingerprint density at radius 3 is 2.94 bits per heavy atom. The van der Waals surface area contributed by atoms with Crippen LogP contribution < -0.4 is 0 Å². The maximum Gasteiger partial charge on any atom is 0.195 e. The van der Waals surface area contributed by atoms with Crippen LogP contribution >= 0.6 is 11.3 Å². The SMILES string of the molecule is CCc1nc2sc3ccccc3n2c1CO. The fourth-order valence-corrected chi connectivity index (χ4v) is 3.13. The van der Waals surface area contributed by atoms with Crippen molar-refractivity contribution in [3.05, 3.63) is 35.7 Å². The fraction of sp³-hybridized carbons (Fsp3) is 0.250. The minimum atomic E-state index is 0.0467. The van der Waals surface area contributed by atoms with E-state index in [0.717, 1.165) is 28.3 Å². The number of aliphatic hydroxyl groups is 1. The van der Waals surface area contributed by atoms with Crippen LogP contribution in [0, 0.1) is 0 Å². The number of benzene rings is 1. The summed E-state index contributed by atoms with van der Waals surface area (Å²) in [5.74, 6) is 0. The highest BCUT2D eigenvalue weighted by molar-refractivity contribution is 7.23. The van der Waals surface area contributed by atoms with Crippen LogP contribution in [0.15, 0.2) is 24.3 Å². The largest absolute Gasteiger partial charge is 0.390 e. The van der Waals surface area contributed by atoms with Crippen LogP contribution in [0.1, 0.15) is 18.3 Å². The fourth-order valence-electron chi connectivity index (χ4n) is 2.06. The van der Waals surface area contributed by atoms with E-state index in [4.69, 9.17) is 0 Å². The lowest BCUT2D eigenvalue weighted by atomic mass is 10.2. The first-order chi connectivity index (χ1) is 7.85. The molecule has 1 N–H and O–H groups in total. The van der Waals surface area contributed by atoms with Gasteiger partial charge in [-0.05, 0) is 18.6 Å². The molecule has 3 aromatic rings. The summed E-state index contributed by atoms with van der Waals surface area (Å²) in [5, 5.41) is 9.46. The molecule has 16 heavy (non-hydrogen) atoms. The Labute approximate surface area is 97.0 Å². The summed E-state index contributed by atoms with van der Waals surface area (Å²) in [4.78, 5) is 5.53. The number of aromatic nitrogens is 2. The first-order valence-electron chi connectivity index (χ1n) is 5.33. The molecule has 0 saturated heterocycles. The Morgan fingerprint density at radius 1 is 1.38 bits per heavy atom. The molecule has 0 aliphatic rings. The predicted molar refractivity (Wildman–Crippen MR) is 65.9 cm³/mol. The molecule has 0 spiro atoms. The molecule has 0 radical (unpaired) electrons. The molecule has 0 unspecified atom stereocenters. The maximum absolute atomic E-state index is 9.46. The number of imidazole rings is 1. The standard InChI is InChI=1S/C12H12N2OS/c1-2-8-10(7-15)14-9-5-3-4-6-11(9)16-12(14)13-8/h3-6,15H,2,7H2,1H3. The monoisotopic (exact) mass is 232 g/mol. The number of hydrogen-bond donors (Lipinski definition) is 1. The molecular formula is C12H12N2OS. The van der Waals surface area contributed by atoms with Crippen molar-refractivity contribution in [3.63, 3.8) is 0 Å². The van der Waals surface area contributed by atoms with Crippen LogP contribution in [-0.4, -0.2) is 14.5 Å². The highest BCUT2D eigenvalue weighted by Crippen LogP contribution is 2.28. The summed E-state index contributed by atoms with van der Waals surface area (Å²) in [5.41, 5.74) is 3.06. The van der Waals surface area contributed by atoms with Gasteiger partial charge in [0.1, 0.15) is 0 Å². The molecule has 0 atom stereocenters. The molecule has 0 saturated carbocycles. The van der Waals surface area contributed by atoms with Crippen molar-refractivity contribution in [1.29, 1.82) is 0 Å². The van der Waals surface area contributed by atoms with Crippen LogP contribution in [-0.2, 0) is 13.0 Å². The summed E-state index contributed by atoms with van der Waals surface area (Å²) < 4.78 is 3.28. The number of thiazole rings is 1.